The summed E-state index contributed by atoms with van der Waals surface area (Å²) in [5, 5.41) is 0. The lowest BCUT2D eigenvalue weighted by Crippen LogP contribution is -2.42. The zero-order valence-electron chi connectivity index (χ0n) is 9.40. The van der Waals surface area contributed by atoms with Crippen molar-refractivity contribution in [3.05, 3.63) is 0 Å². The molecule has 0 saturated heterocycles. The van der Waals surface area contributed by atoms with E-state index in [0.717, 1.165) is 12.8 Å². The summed E-state index contributed by atoms with van der Waals surface area (Å²) in [7, 11) is -0.185. The van der Waals surface area contributed by atoms with Gasteiger partial charge in [0.25, 0.3) is 10.2 Å². The van der Waals surface area contributed by atoms with Crippen LogP contribution < -0.4 is 4.72 Å². The number of methoxy groups -OCH3 is 1. The number of hydrogen-bond acceptors (Lipinski definition) is 3. The van der Waals surface area contributed by atoms with Crippen molar-refractivity contribution in [1.29, 1.82) is 0 Å². The van der Waals surface area contributed by atoms with Crippen molar-refractivity contribution in [2.75, 3.05) is 33.9 Å². The zero-order chi connectivity index (χ0) is 11.3. The molecule has 0 atom stereocenters. The van der Waals surface area contributed by atoms with Gasteiger partial charge in [-0.3, -0.25) is 0 Å². The van der Waals surface area contributed by atoms with Crippen LogP contribution in [0.4, 0.5) is 0 Å². The third-order valence-electron chi connectivity index (χ3n) is 2.80. The summed E-state index contributed by atoms with van der Waals surface area (Å²) >= 11 is 0. The predicted molar refractivity (Wildman–Crippen MR) is 58.8 cm³/mol. The minimum absolute atomic E-state index is 0.385. The Balaban J connectivity index is 2.28. The van der Waals surface area contributed by atoms with Crippen molar-refractivity contribution in [2.24, 2.45) is 5.92 Å². The summed E-state index contributed by atoms with van der Waals surface area (Å²) in [6.07, 6.45) is 3.51. The maximum Gasteiger partial charge on any atom is 0.279 e. The van der Waals surface area contributed by atoms with Crippen LogP contribution in [0.5, 0.6) is 0 Å². The molecule has 5 nitrogen and oxygen atoms in total. The summed E-state index contributed by atoms with van der Waals surface area (Å²) < 4.78 is 32.0. The minimum Gasteiger partial charge on any atom is -0.383 e. The van der Waals surface area contributed by atoms with Crippen LogP contribution in [0.15, 0.2) is 0 Å². The lowest BCUT2D eigenvalue weighted by atomic mass is 9.86. The molecule has 15 heavy (non-hydrogen) atoms. The van der Waals surface area contributed by atoms with Crippen LogP contribution in [-0.2, 0) is 14.9 Å². The molecule has 0 aromatic carbocycles. The summed E-state index contributed by atoms with van der Waals surface area (Å²) in [4.78, 5) is 0. The van der Waals surface area contributed by atoms with Crippen LogP contribution in [0.3, 0.4) is 0 Å². The lowest BCUT2D eigenvalue weighted by molar-refractivity contribution is 0.184. The van der Waals surface area contributed by atoms with Crippen molar-refractivity contribution < 1.29 is 13.2 Å². The van der Waals surface area contributed by atoms with Gasteiger partial charge in [-0.2, -0.15) is 12.7 Å². The highest BCUT2D eigenvalue weighted by Gasteiger charge is 2.22. The van der Waals surface area contributed by atoms with Crippen molar-refractivity contribution in [3.8, 4) is 0 Å². The summed E-state index contributed by atoms with van der Waals surface area (Å²) in [6.45, 7) is 1.37. The van der Waals surface area contributed by atoms with E-state index in [-0.39, 0.29) is 0 Å². The highest BCUT2D eigenvalue weighted by Crippen LogP contribution is 2.25. The highest BCUT2D eigenvalue weighted by molar-refractivity contribution is 7.87. The average Bonchev–Trinajstić information content (AvgIpc) is 2.11. The molecule has 1 rings (SSSR count). The summed E-state index contributed by atoms with van der Waals surface area (Å²) in [5.74, 6) is 0.538. The topological polar surface area (TPSA) is 58.6 Å². The first-order valence-electron chi connectivity index (χ1n) is 5.26. The van der Waals surface area contributed by atoms with Crippen LogP contribution in [0.1, 0.15) is 19.3 Å². The molecule has 6 heteroatoms. The van der Waals surface area contributed by atoms with Crippen LogP contribution in [0.2, 0.25) is 0 Å². The van der Waals surface area contributed by atoms with Gasteiger partial charge in [-0.1, -0.05) is 6.42 Å². The SMILES string of the molecule is COCCN(C)S(=O)(=O)NCC1CCC1. The third-order valence-corrected chi connectivity index (χ3v) is 4.33. The molecule has 90 valence electrons. The van der Waals surface area contributed by atoms with E-state index in [4.69, 9.17) is 4.74 Å². The molecule has 0 aliphatic heterocycles. The summed E-state index contributed by atoms with van der Waals surface area (Å²) in [6, 6.07) is 0. The predicted octanol–water partition coefficient (Wildman–Crippen LogP) is 0.199. The molecule has 1 saturated carbocycles. The molecule has 0 unspecified atom stereocenters. The van der Waals surface area contributed by atoms with Gasteiger partial charge in [-0.05, 0) is 18.8 Å². The van der Waals surface area contributed by atoms with Crippen LogP contribution in [0, 0.1) is 5.92 Å². The van der Waals surface area contributed by atoms with Crippen molar-refractivity contribution in [2.45, 2.75) is 19.3 Å². The van der Waals surface area contributed by atoms with Gasteiger partial charge in [0.15, 0.2) is 0 Å². The van der Waals surface area contributed by atoms with Crippen molar-refractivity contribution in [1.82, 2.24) is 9.03 Å². The van der Waals surface area contributed by atoms with Gasteiger partial charge in [0.2, 0.25) is 0 Å². The van der Waals surface area contributed by atoms with Gasteiger partial charge in [0, 0.05) is 27.2 Å². The largest absolute Gasteiger partial charge is 0.383 e. The Morgan fingerprint density at radius 3 is 2.60 bits per heavy atom. The van der Waals surface area contributed by atoms with Gasteiger partial charge in [0.1, 0.15) is 0 Å². The molecule has 0 heterocycles. The molecular formula is C9H20N2O3S. The number of nitrogens with zero attached hydrogens (tertiary/aromatic N) is 1. The first kappa shape index (κ1) is 12.9. The molecule has 0 aromatic heterocycles. The van der Waals surface area contributed by atoms with E-state index in [1.165, 1.54) is 10.7 Å². The quantitative estimate of drug-likeness (QED) is 0.687. The Kier molecular flexibility index (Phi) is 4.98. The molecule has 0 spiro atoms. The zero-order valence-corrected chi connectivity index (χ0v) is 10.2. The first-order chi connectivity index (χ1) is 7.06. The Bertz CT molecular complexity index is 275. The standard InChI is InChI=1S/C9H20N2O3S/c1-11(6-7-14-2)15(12,13)10-8-9-4-3-5-9/h9-10H,3-8H2,1-2H3. The molecule has 0 aromatic rings. The Morgan fingerprint density at radius 2 is 2.13 bits per heavy atom. The van der Waals surface area contributed by atoms with Crippen molar-refractivity contribution >= 4 is 10.2 Å². The molecule has 1 fully saturated rings. The molecule has 0 radical (unpaired) electrons. The minimum atomic E-state index is -3.30. The van der Waals surface area contributed by atoms with E-state index in [1.54, 1.807) is 14.2 Å². The average molecular weight is 236 g/mol. The second-order valence-electron chi connectivity index (χ2n) is 3.96. The van der Waals surface area contributed by atoms with E-state index in [1.807, 2.05) is 0 Å². The second kappa shape index (κ2) is 5.79. The maximum absolute atomic E-state index is 11.6. The van der Waals surface area contributed by atoms with Gasteiger partial charge in [0.05, 0.1) is 6.61 Å². The monoisotopic (exact) mass is 236 g/mol. The van der Waals surface area contributed by atoms with Gasteiger partial charge >= 0.3 is 0 Å². The van der Waals surface area contributed by atoms with Crippen LogP contribution >= 0.6 is 0 Å². The Labute approximate surface area is 92.0 Å². The number of rotatable bonds is 7. The van der Waals surface area contributed by atoms with Crippen LogP contribution in [0.25, 0.3) is 0 Å². The van der Waals surface area contributed by atoms with Gasteiger partial charge in [-0.15, -0.1) is 0 Å². The van der Waals surface area contributed by atoms with Gasteiger partial charge in [-0.25, -0.2) is 4.72 Å². The first-order valence-corrected chi connectivity index (χ1v) is 6.70. The van der Waals surface area contributed by atoms with Crippen molar-refractivity contribution in [3.63, 3.8) is 0 Å². The third kappa shape index (κ3) is 4.06. The Hall–Kier alpha value is -0.170. The number of likely N-dealkylation sites (N-methyl/N-ethyl adjacent to an activating group) is 1. The normalized spacial score (nSPS) is 18.1. The van der Waals surface area contributed by atoms with E-state index in [0.29, 0.717) is 25.6 Å². The van der Waals surface area contributed by atoms with E-state index in [9.17, 15) is 8.42 Å². The molecule has 0 amide bonds. The lowest BCUT2D eigenvalue weighted by Gasteiger charge is -2.26. The fourth-order valence-electron chi connectivity index (χ4n) is 1.37. The van der Waals surface area contributed by atoms with Gasteiger partial charge < -0.3 is 4.74 Å². The fraction of sp³-hybridized carbons (Fsp3) is 1.00. The Morgan fingerprint density at radius 1 is 1.47 bits per heavy atom. The second-order valence-corrected chi connectivity index (χ2v) is 5.83. The van der Waals surface area contributed by atoms with Crippen LogP contribution in [-0.4, -0.2) is 46.6 Å². The summed E-state index contributed by atoms with van der Waals surface area (Å²) in [5.41, 5.74) is 0. The number of nitrogens with one attached hydrogen (secondary N) is 1. The molecule has 1 N–H and O–H groups in total. The molecular weight excluding hydrogens is 216 g/mol. The molecule has 1 aliphatic rings. The van der Waals surface area contributed by atoms with E-state index in [2.05, 4.69) is 4.72 Å². The smallest absolute Gasteiger partial charge is 0.279 e. The molecule has 0 bridgehead atoms. The van der Waals surface area contributed by atoms with E-state index < -0.39 is 10.2 Å². The number of ether oxygens (including phenoxy) is 1. The molecule has 1 aliphatic carbocycles. The maximum atomic E-state index is 11.6. The van der Waals surface area contributed by atoms with E-state index >= 15 is 0 Å². The highest BCUT2D eigenvalue weighted by atomic mass is 32.2. The fourth-order valence-corrected chi connectivity index (χ4v) is 2.35. The number of hydrogen-bond donors (Lipinski definition) is 1.